The molecule has 0 aliphatic heterocycles. The van der Waals surface area contributed by atoms with Gasteiger partial charge in [-0.15, -0.1) is 11.3 Å². The molecule has 5 nitrogen and oxygen atoms in total. The van der Waals surface area contributed by atoms with Gasteiger partial charge in [0.2, 0.25) is 0 Å². The van der Waals surface area contributed by atoms with Crippen LogP contribution >= 0.6 is 34.7 Å². The summed E-state index contributed by atoms with van der Waals surface area (Å²) in [5.41, 5.74) is 2.77. The van der Waals surface area contributed by atoms with Gasteiger partial charge >= 0.3 is 0 Å². The highest BCUT2D eigenvalue weighted by Crippen LogP contribution is 2.24. The van der Waals surface area contributed by atoms with Gasteiger partial charge in [-0.05, 0) is 17.9 Å². The molecule has 0 atom stereocenters. The van der Waals surface area contributed by atoms with E-state index < -0.39 is 0 Å². The van der Waals surface area contributed by atoms with E-state index in [1.165, 1.54) is 5.69 Å². The molecular weight excluding hydrogens is 350 g/mol. The Kier molecular flexibility index (Phi) is 5.20. The van der Waals surface area contributed by atoms with Gasteiger partial charge in [0.1, 0.15) is 5.69 Å². The van der Waals surface area contributed by atoms with Crippen LogP contribution in [0, 0.1) is 0 Å². The first-order valence-corrected chi connectivity index (χ1v) is 9.51. The molecule has 0 aliphatic carbocycles. The Morgan fingerprint density at radius 2 is 2.30 bits per heavy atom. The topological polar surface area (TPSA) is 48.0 Å². The molecule has 3 aromatic heterocycles. The minimum Gasteiger partial charge on any atom is -0.323 e. The van der Waals surface area contributed by atoms with Crippen molar-refractivity contribution < 1.29 is 0 Å². The molecule has 0 radical (unpaired) electrons. The van der Waals surface area contributed by atoms with Gasteiger partial charge in [-0.3, -0.25) is 4.98 Å². The summed E-state index contributed by atoms with van der Waals surface area (Å²) in [6, 6.07) is 3.78. The number of rotatable bonds is 5. The number of thiazole rings is 1. The van der Waals surface area contributed by atoms with E-state index in [9.17, 15) is 0 Å². The molecule has 120 valence electrons. The molecule has 0 saturated heterocycles. The van der Waals surface area contributed by atoms with E-state index in [1.807, 2.05) is 37.1 Å². The van der Waals surface area contributed by atoms with Crippen LogP contribution in [0.4, 0.5) is 5.69 Å². The summed E-state index contributed by atoms with van der Waals surface area (Å²) in [6.07, 6.45) is 5.28. The Morgan fingerprint density at radius 1 is 1.43 bits per heavy atom. The molecule has 0 amide bonds. The summed E-state index contributed by atoms with van der Waals surface area (Å²) in [6.45, 7) is 2.16. The lowest BCUT2D eigenvalue weighted by Gasteiger charge is -2.00. The summed E-state index contributed by atoms with van der Waals surface area (Å²) >= 11 is 9.74. The van der Waals surface area contributed by atoms with Crippen molar-refractivity contribution in [3.8, 4) is 5.69 Å². The van der Waals surface area contributed by atoms with Crippen molar-refractivity contribution >= 4 is 40.4 Å². The maximum absolute atomic E-state index is 6.23. The third kappa shape index (κ3) is 3.68. The van der Waals surface area contributed by atoms with Gasteiger partial charge in [-0.2, -0.15) is 16.9 Å². The molecule has 8 heteroatoms. The van der Waals surface area contributed by atoms with Gasteiger partial charge in [-0.1, -0.05) is 18.5 Å². The van der Waals surface area contributed by atoms with Crippen LogP contribution in [0.15, 0.2) is 41.1 Å². The van der Waals surface area contributed by atoms with E-state index in [0.717, 1.165) is 22.0 Å². The van der Waals surface area contributed by atoms with Crippen molar-refractivity contribution in [2.24, 2.45) is 12.0 Å². The predicted molar refractivity (Wildman–Crippen MR) is 96.7 cm³/mol. The highest BCUT2D eigenvalue weighted by Gasteiger charge is 2.08. The minimum absolute atomic E-state index is 0.381. The molecule has 0 unspecified atom stereocenters. The molecule has 0 spiro atoms. The van der Waals surface area contributed by atoms with Gasteiger partial charge in [0, 0.05) is 30.1 Å². The molecule has 0 saturated carbocycles. The molecular formula is C15H16ClN5S2. The van der Waals surface area contributed by atoms with Crippen molar-refractivity contribution in [2.45, 2.75) is 12.7 Å². The summed E-state index contributed by atoms with van der Waals surface area (Å²) in [4.78, 5) is 9.65. The highest BCUT2D eigenvalue weighted by atomic mass is 35.5. The van der Waals surface area contributed by atoms with Gasteiger partial charge in [-0.25, -0.2) is 9.67 Å². The summed E-state index contributed by atoms with van der Waals surface area (Å²) in [5, 5.41) is 6.82. The Balaban J connectivity index is 1.94. The Hall–Kier alpha value is -1.57. The van der Waals surface area contributed by atoms with E-state index in [4.69, 9.17) is 11.6 Å². The Morgan fingerprint density at radius 3 is 3.04 bits per heavy atom. The molecule has 0 N–H and O–H groups in total. The van der Waals surface area contributed by atoms with Crippen LogP contribution in [-0.2, 0) is 12.8 Å². The smallest absolute Gasteiger partial charge is 0.190 e. The monoisotopic (exact) mass is 365 g/mol. The molecule has 3 heterocycles. The van der Waals surface area contributed by atoms with E-state index in [0.29, 0.717) is 10.8 Å². The predicted octanol–water partition coefficient (Wildman–Crippen LogP) is 3.81. The largest absolute Gasteiger partial charge is 0.323 e. The van der Waals surface area contributed by atoms with E-state index in [2.05, 4.69) is 31.9 Å². The zero-order valence-electron chi connectivity index (χ0n) is 12.8. The fourth-order valence-electron chi connectivity index (χ4n) is 1.98. The second-order valence-electron chi connectivity index (χ2n) is 4.78. The van der Waals surface area contributed by atoms with Crippen LogP contribution < -0.4 is 4.80 Å². The second kappa shape index (κ2) is 7.33. The molecule has 0 aliphatic rings. The van der Waals surface area contributed by atoms with Crippen LogP contribution in [0.5, 0.6) is 0 Å². The first-order valence-electron chi connectivity index (χ1n) is 7.10. The highest BCUT2D eigenvalue weighted by molar-refractivity contribution is 7.98. The standard InChI is InChI=1S/C15H16ClN5S2/c1-3-22-9-12-10-23-15(20(12)2)18-13-8-21(19-14(13)16)11-5-4-6-17-7-11/h4-8,10H,3,9H2,1-2H3. The molecule has 0 aromatic carbocycles. The SMILES string of the molecule is CCSCc1csc(=Nc2cn(-c3cccnc3)nc2Cl)n1C. The van der Waals surface area contributed by atoms with Crippen LogP contribution in [0.3, 0.4) is 0 Å². The lowest BCUT2D eigenvalue weighted by molar-refractivity contribution is 0.829. The first-order chi connectivity index (χ1) is 11.2. The van der Waals surface area contributed by atoms with E-state index >= 15 is 0 Å². The maximum atomic E-state index is 6.23. The number of nitrogens with zero attached hydrogens (tertiary/aromatic N) is 5. The third-order valence-corrected chi connectivity index (χ3v) is 5.39. The number of halogens is 1. The van der Waals surface area contributed by atoms with Crippen molar-refractivity contribution in [2.75, 3.05) is 5.75 Å². The van der Waals surface area contributed by atoms with Crippen LogP contribution in [-0.4, -0.2) is 25.1 Å². The third-order valence-electron chi connectivity index (χ3n) is 3.25. The Bertz CT molecular complexity index is 850. The molecule has 23 heavy (non-hydrogen) atoms. The van der Waals surface area contributed by atoms with Crippen LogP contribution in [0.1, 0.15) is 12.6 Å². The zero-order valence-corrected chi connectivity index (χ0v) is 15.2. The fourth-order valence-corrected chi connectivity index (χ4v) is 3.86. The van der Waals surface area contributed by atoms with E-state index in [-0.39, 0.29) is 0 Å². The summed E-state index contributed by atoms with van der Waals surface area (Å²) < 4.78 is 3.79. The minimum atomic E-state index is 0.381. The number of hydrogen-bond acceptors (Lipinski definition) is 5. The molecule has 0 bridgehead atoms. The normalized spacial score (nSPS) is 12.0. The average Bonchev–Trinajstić information content (AvgIpc) is 3.11. The zero-order chi connectivity index (χ0) is 16.2. The number of hydrogen-bond donors (Lipinski definition) is 0. The first kappa shape index (κ1) is 16.3. The van der Waals surface area contributed by atoms with Crippen molar-refractivity contribution in [1.29, 1.82) is 0 Å². The molecule has 3 rings (SSSR count). The molecule has 0 fully saturated rings. The number of pyridine rings is 1. The maximum Gasteiger partial charge on any atom is 0.190 e. The number of thioether (sulfide) groups is 1. The van der Waals surface area contributed by atoms with Crippen LogP contribution in [0.25, 0.3) is 5.69 Å². The van der Waals surface area contributed by atoms with E-state index in [1.54, 1.807) is 28.4 Å². The van der Waals surface area contributed by atoms with Crippen molar-refractivity contribution in [1.82, 2.24) is 19.3 Å². The van der Waals surface area contributed by atoms with Gasteiger partial charge in [0.25, 0.3) is 0 Å². The van der Waals surface area contributed by atoms with Crippen LogP contribution in [0.2, 0.25) is 5.15 Å². The van der Waals surface area contributed by atoms with Crippen molar-refractivity contribution in [3.05, 3.63) is 51.8 Å². The summed E-state index contributed by atoms with van der Waals surface area (Å²) in [5.74, 6) is 2.09. The lowest BCUT2D eigenvalue weighted by Crippen LogP contribution is -2.12. The van der Waals surface area contributed by atoms with Gasteiger partial charge < -0.3 is 4.57 Å². The lowest BCUT2D eigenvalue weighted by atomic mass is 10.4. The van der Waals surface area contributed by atoms with Crippen molar-refractivity contribution in [3.63, 3.8) is 0 Å². The van der Waals surface area contributed by atoms with Gasteiger partial charge in [0.05, 0.1) is 18.1 Å². The molecule has 3 aromatic rings. The number of aromatic nitrogens is 4. The average molecular weight is 366 g/mol. The van der Waals surface area contributed by atoms with Gasteiger partial charge in [0.15, 0.2) is 9.95 Å². The fraction of sp³-hybridized carbons (Fsp3) is 0.267. The second-order valence-corrected chi connectivity index (χ2v) is 7.25. The quantitative estimate of drug-likeness (QED) is 0.690. The Labute approximate surface area is 147 Å². The summed E-state index contributed by atoms with van der Waals surface area (Å²) in [7, 11) is 2.03.